The summed E-state index contributed by atoms with van der Waals surface area (Å²) in [5, 5.41) is 3.00. The number of esters is 1. The highest BCUT2D eigenvalue weighted by atomic mass is 16.5. The standard InChI is InChI=1S/C28H34N2O4/c1-6-34-28(33)26-20(5)30(25(31)16-24(26)22-10-8-7-9-11-22)17-21-12-14-23(15-13-21)27(32)29-19(4)18(2)3/h7-15,18-19,24H,6,16-17H2,1-5H3,(H,29,32). The maximum atomic E-state index is 13.2. The molecule has 1 heterocycles. The van der Waals surface area contributed by atoms with Crippen LogP contribution in [-0.4, -0.2) is 35.3 Å². The fourth-order valence-corrected chi connectivity index (χ4v) is 4.05. The van der Waals surface area contributed by atoms with E-state index in [1.807, 2.05) is 49.4 Å². The molecule has 0 aromatic heterocycles. The second-order valence-electron chi connectivity index (χ2n) is 9.07. The van der Waals surface area contributed by atoms with Gasteiger partial charge in [0.25, 0.3) is 5.91 Å². The monoisotopic (exact) mass is 462 g/mol. The molecule has 0 spiro atoms. The van der Waals surface area contributed by atoms with E-state index in [0.717, 1.165) is 11.1 Å². The average Bonchev–Trinajstić information content (AvgIpc) is 2.82. The van der Waals surface area contributed by atoms with E-state index in [0.29, 0.717) is 29.3 Å². The van der Waals surface area contributed by atoms with Gasteiger partial charge in [-0.1, -0.05) is 56.3 Å². The van der Waals surface area contributed by atoms with Gasteiger partial charge in [-0.3, -0.25) is 9.59 Å². The minimum atomic E-state index is -0.391. The first-order valence-electron chi connectivity index (χ1n) is 11.9. The summed E-state index contributed by atoms with van der Waals surface area (Å²) in [7, 11) is 0. The van der Waals surface area contributed by atoms with E-state index in [1.165, 1.54) is 0 Å². The zero-order chi connectivity index (χ0) is 24.8. The van der Waals surface area contributed by atoms with Gasteiger partial charge >= 0.3 is 5.97 Å². The van der Waals surface area contributed by atoms with Crippen molar-refractivity contribution in [2.45, 2.75) is 59.5 Å². The molecule has 0 saturated carbocycles. The molecule has 2 unspecified atom stereocenters. The summed E-state index contributed by atoms with van der Waals surface area (Å²) in [6, 6.07) is 16.9. The van der Waals surface area contributed by atoms with Gasteiger partial charge in [0.05, 0.1) is 18.7 Å². The van der Waals surface area contributed by atoms with Crippen molar-refractivity contribution in [2.75, 3.05) is 6.61 Å². The van der Waals surface area contributed by atoms with Gasteiger partial charge in [0.15, 0.2) is 0 Å². The minimum absolute atomic E-state index is 0.0491. The van der Waals surface area contributed by atoms with Crippen molar-refractivity contribution in [2.24, 2.45) is 5.92 Å². The van der Waals surface area contributed by atoms with Crippen LogP contribution in [0.3, 0.4) is 0 Å². The van der Waals surface area contributed by atoms with Crippen molar-refractivity contribution >= 4 is 17.8 Å². The third kappa shape index (κ3) is 5.74. The van der Waals surface area contributed by atoms with Crippen LogP contribution in [0.5, 0.6) is 0 Å². The van der Waals surface area contributed by atoms with E-state index in [-0.39, 0.29) is 36.8 Å². The Morgan fingerprint density at radius 3 is 2.29 bits per heavy atom. The van der Waals surface area contributed by atoms with Crippen LogP contribution in [0.1, 0.15) is 68.4 Å². The molecule has 1 N–H and O–H groups in total. The molecule has 0 aliphatic carbocycles. The summed E-state index contributed by atoms with van der Waals surface area (Å²) in [4.78, 5) is 40.2. The van der Waals surface area contributed by atoms with E-state index in [4.69, 9.17) is 4.74 Å². The van der Waals surface area contributed by atoms with Gasteiger partial charge in [0.2, 0.25) is 5.91 Å². The lowest BCUT2D eigenvalue weighted by atomic mass is 9.83. The van der Waals surface area contributed by atoms with Crippen molar-refractivity contribution in [3.8, 4) is 0 Å². The van der Waals surface area contributed by atoms with E-state index < -0.39 is 5.97 Å². The molecule has 6 heteroatoms. The van der Waals surface area contributed by atoms with Crippen LogP contribution in [0.15, 0.2) is 65.9 Å². The predicted octanol–water partition coefficient (Wildman–Crippen LogP) is 4.81. The van der Waals surface area contributed by atoms with E-state index in [9.17, 15) is 14.4 Å². The van der Waals surface area contributed by atoms with Gasteiger partial charge in [-0.05, 0) is 49.9 Å². The molecule has 0 fully saturated rings. The predicted molar refractivity (Wildman–Crippen MR) is 132 cm³/mol. The minimum Gasteiger partial charge on any atom is -0.463 e. The van der Waals surface area contributed by atoms with Gasteiger partial charge in [-0.25, -0.2) is 4.79 Å². The van der Waals surface area contributed by atoms with E-state index in [2.05, 4.69) is 19.2 Å². The molecule has 2 atom stereocenters. The molecule has 2 aromatic carbocycles. The average molecular weight is 463 g/mol. The zero-order valence-electron chi connectivity index (χ0n) is 20.6. The molecule has 2 aromatic rings. The quantitative estimate of drug-likeness (QED) is 0.571. The van der Waals surface area contributed by atoms with Crippen molar-refractivity contribution in [1.29, 1.82) is 0 Å². The third-order valence-corrected chi connectivity index (χ3v) is 6.44. The lowest BCUT2D eigenvalue weighted by Gasteiger charge is -2.34. The van der Waals surface area contributed by atoms with Crippen molar-refractivity contribution in [1.82, 2.24) is 10.2 Å². The Morgan fingerprint density at radius 2 is 1.71 bits per heavy atom. The first-order valence-corrected chi connectivity index (χ1v) is 11.9. The second-order valence-corrected chi connectivity index (χ2v) is 9.07. The molecular weight excluding hydrogens is 428 g/mol. The largest absolute Gasteiger partial charge is 0.463 e. The highest BCUT2D eigenvalue weighted by molar-refractivity contribution is 5.96. The van der Waals surface area contributed by atoms with Crippen molar-refractivity contribution < 1.29 is 19.1 Å². The van der Waals surface area contributed by atoms with E-state index >= 15 is 0 Å². The van der Waals surface area contributed by atoms with Crippen molar-refractivity contribution in [3.05, 3.63) is 82.6 Å². The Kier molecular flexibility index (Phi) is 8.26. The Morgan fingerprint density at radius 1 is 1.06 bits per heavy atom. The van der Waals surface area contributed by atoms with Gasteiger partial charge < -0.3 is 15.0 Å². The van der Waals surface area contributed by atoms with Crippen LogP contribution in [0, 0.1) is 5.92 Å². The molecule has 0 radical (unpaired) electrons. The van der Waals surface area contributed by atoms with Crippen molar-refractivity contribution in [3.63, 3.8) is 0 Å². The summed E-state index contributed by atoms with van der Waals surface area (Å²) >= 11 is 0. The molecular formula is C28H34N2O4. The molecule has 0 saturated heterocycles. The highest BCUT2D eigenvalue weighted by Gasteiger charge is 2.36. The van der Waals surface area contributed by atoms with Gasteiger partial charge in [0, 0.05) is 29.6 Å². The fraction of sp³-hybridized carbons (Fsp3) is 0.393. The Bertz CT molecular complexity index is 1060. The number of allylic oxidation sites excluding steroid dienone is 1. The number of amides is 2. The number of hydrogen-bond acceptors (Lipinski definition) is 4. The zero-order valence-corrected chi connectivity index (χ0v) is 20.6. The summed E-state index contributed by atoms with van der Waals surface area (Å²) in [5.41, 5.74) is 3.50. The lowest BCUT2D eigenvalue weighted by Crippen LogP contribution is -2.38. The molecule has 3 rings (SSSR count). The molecule has 0 bridgehead atoms. The maximum Gasteiger partial charge on any atom is 0.336 e. The summed E-state index contributed by atoms with van der Waals surface area (Å²) < 4.78 is 5.35. The van der Waals surface area contributed by atoms with Crippen LogP contribution < -0.4 is 5.32 Å². The number of nitrogens with zero attached hydrogens (tertiary/aromatic N) is 1. The third-order valence-electron chi connectivity index (χ3n) is 6.44. The maximum absolute atomic E-state index is 13.2. The van der Waals surface area contributed by atoms with E-state index in [1.54, 1.807) is 30.9 Å². The second kappa shape index (κ2) is 11.1. The molecule has 2 amide bonds. The van der Waals surface area contributed by atoms with Crippen LogP contribution >= 0.6 is 0 Å². The Balaban J connectivity index is 1.85. The number of carbonyl (C=O) groups is 3. The normalized spacial score (nSPS) is 17.1. The number of nitrogens with one attached hydrogen (secondary N) is 1. The van der Waals surface area contributed by atoms with Gasteiger partial charge in [-0.2, -0.15) is 0 Å². The molecule has 34 heavy (non-hydrogen) atoms. The van der Waals surface area contributed by atoms with Crippen LogP contribution in [-0.2, 0) is 20.9 Å². The first-order chi connectivity index (χ1) is 16.2. The summed E-state index contributed by atoms with van der Waals surface area (Å²) in [6.45, 7) is 10.3. The number of hydrogen-bond donors (Lipinski definition) is 1. The number of carbonyl (C=O) groups excluding carboxylic acids is 3. The first kappa shape index (κ1) is 25.2. The SMILES string of the molecule is CCOC(=O)C1=C(C)N(Cc2ccc(C(=O)NC(C)C(C)C)cc2)C(=O)CC1c1ccccc1. The molecule has 180 valence electrons. The molecule has 1 aliphatic rings. The highest BCUT2D eigenvalue weighted by Crippen LogP contribution is 2.37. The molecule has 6 nitrogen and oxygen atoms in total. The summed E-state index contributed by atoms with van der Waals surface area (Å²) in [5.74, 6) is -0.549. The van der Waals surface area contributed by atoms with Crippen LogP contribution in [0.4, 0.5) is 0 Å². The fourth-order valence-electron chi connectivity index (χ4n) is 4.05. The number of rotatable bonds is 8. The van der Waals surface area contributed by atoms with Gasteiger partial charge in [-0.15, -0.1) is 0 Å². The lowest BCUT2D eigenvalue weighted by molar-refractivity contribution is -0.140. The smallest absolute Gasteiger partial charge is 0.336 e. The van der Waals surface area contributed by atoms with Gasteiger partial charge in [0.1, 0.15) is 0 Å². The van der Waals surface area contributed by atoms with Crippen LogP contribution in [0.25, 0.3) is 0 Å². The Labute approximate surface area is 202 Å². The number of ether oxygens (including phenoxy) is 1. The number of benzene rings is 2. The summed E-state index contributed by atoms with van der Waals surface area (Å²) in [6.07, 6.45) is 0.198. The molecule has 1 aliphatic heterocycles. The topological polar surface area (TPSA) is 75.7 Å². The Hall–Kier alpha value is -3.41. The van der Waals surface area contributed by atoms with Crippen LogP contribution in [0.2, 0.25) is 0 Å².